The van der Waals surface area contributed by atoms with Crippen molar-refractivity contribution in [1.29, 1.82) is 0 Å². The van der Waals surface area contributed by atoms with E-state index >= 15 is 0 Å². The van der Waals surface area contributed by atoms with Gasteiger partial charge in [0.25, 0.3) is 0 Å². The van der Waals surface area contributed by atoms with Gasteiger partial charge in [-0.1, -0.05) is 0 Å². The van der Waals surface area contributed by atoms with Crippen LogP contribution in [0.15, 0.2) is 0 Å². The molecule has 41 valence electrons. The van der Waals surface area contributed by atoms with E-state index in [2.05, 4.69) is 0 Å². The predicted octanol–water partition coefficient (Wildman–Crippen LogP) is 1.03. The first-order valence-corrected chi connectivity index (χ1v) is 1.51. The molecule has 6 heavy (non-hydrogen) atoms. The molecule has 0 atom stereocenters. The molecular formula is H3Cl3O2V. The molecule has 0 spiro atoms. The Hall–Kier alpha value is 1.05. The van der Waals surface area contributed by atoms with Crippen molar-refractivity contribution in [2.45, 2.75) is 0 Å². The number of halogens is 3. The quantitative estimate of drug-likeness (QED) is 0.574. The molecule has 2 nitrogen and oxygen atoms in total. The van der Waals surface area contributed by atoms with Crippen LogP contribution in [0.1, 0.15) is 0 Å². The van der Waals surface area contributed by atoms with Crippen LogP contribution in [0.3, 0.4) is 0 Å². The van der Waals surface area contributed by atoms with Crippen molar-refractivity contribution in [1.82, 2.24) is 0 Å². The Morgan fingerprint density at radius 1 is 0.833 bits per heavy atom. The average Bonchev–Trinajstić information content (AvgIpc) is 0.918. The minimum absolute atomic E-state index is 0. The summed E-state index contributed by atoms with van der Waals surface area (Å²) in [5, 5.41) is 0. The van der Waals surface area contributed by atoms with Crippen LogP contribution in [0, 0.1) is 0 Å². The number of hydrogen-bond donors (Lipinski definition) is 0. The van der Waals surface area contributed by atoms with Gasteiger partial charge in [-0.2, -0.15) is 0 Å². The van der Waals surface area contributed by atoms with Gasteiger partial charge in [0.05, 0.1) is 0 Å². The van der Waals surface area contributed by atoms with E-state index in [-0.39, 0.29) is 37.2 Å². The van der Waals surface area contributed by atoms with Crippen molar-refractivity contribution in [2.75, 3.05) is 0 Å². The zero-order valence-corrected chi connectivity index (χ0v) is 6.33. The van der Waals surface area contributed by atoms with Gasteiger partial charge in [0.15, 0.2) is 0 Å². The molecule has 0 saturated heterocycles. The second-order valence-corrected chi connectivity index (χ2v) is 0.307. The molecular weight excluding hydrogens is 189 g/mol. The maximum absolute atomic E-state index is 8.47. The third-order valence-electron chi connectivity index (χ3n) is 0. The summed E-state index contributed by atoms with van der Waals surface area (Å²) in [5.41, 5.74) is 0. The molecule has 0 saturated carbocycles. The molecule has 0 rings (SSSR count). The van der Waals surface area contributed by atoms with Crippen molar-refractivity contribution in [2.24, 2.45) is 0 Å². The van der Waals surface area contributed by atoms with E-state index in [9.17, 15) is 0 Å². The Bertz CT molecular complexity index is 29.8. The van der Waals surface area contributed by atoms with Gasteiger partial charge >= 0.3 is 23.5 Å². The Morgan fingerprint density at radius 2 is 0.833 bits per heavy atom. The van der Waals surface area contributed by atoms with Gasteiger partial charge < -0.3 is 0 Å². The summed E-state index contributed by atoms with van der Waals surface area (Å²) in [6.07, 6.45) is 0. The molecule has 0 bridgehead atoms. The molecule has 0 heterocycles. The van der Waals surface area contributed by atoms with Gasteiger partial charge in [-0.15, -0.1) is 37.2 Å². The molecule has 0 radical (unpaired) electrons. The summed E-state index contributed by atoms with van der Waals surface area (Å²) in [6.45, 7) is 0. The summed E-state index contributed by atoms with van der Waals surface area (Å²) in [6, 6.07) is 0. The summed E-state index contributed by atoms with van der Waals surface area (Å²) in [4.78, 5) is 0. The van der Waals surface area contributed by atoms with Crippen molar-refractivity contribution in [3.05, 3.63) is 0 Å². The van der Waals surface area contributed by atoms with E-state index in [1.807, 2.05) is 0 Å². The standard InChI is InChI=1S/3ClH.2O.V/h3*1H;;;. The zero-order valence-electron chi connectivity index (χ0n) is 2.49. The summed E-state index contributed by atoms with van der Waals surface area (Å²) in [5.74, 6) is 0. The van der Waals surface area contributed by atoms with E-state index < -0.39 is 16.2 Å². The second-order valence-electron chi connectivity index (χ2n) is 0.0745. The van der Waals surface area contributed by atoms with E-state index in [0.717, 1.165) is 0 Å². The first-order valence-electron chi connectivity index (χ1n) is 0.365. The number of hydrogen-bond acceptors (Lipinski definition) is 2. The van der Waals surface area contributed by atoms with E-state index in [1.165, 1.54) is 0 Å². The second kappa shape index (κ2) is 36.6. The normalized spacial score (nSPS) is 1.33. The van der Waals surface area contributed by atoms with Gasteiger partial charge in [-0.05, 0) is 0 Å². The van der Waals surface area contributed by atoms with Crippen LogP contribution < -0.4 is 0 Å². The SMILES string of the molecule is Cl.Cl.Cl.[O]=[V]=[O]. The molecule has 0 unspecified atom stereocenters. The third-order valence-corrected chi connectivity index (χ3v) is 0. The van der Waals surface area contributed by atoms with Gasteiger partial charge in [-0.3, -0.25) is 0 Å². The van der Waals surface area contributed by atoms with Crippen molar-refractivity contribution in [3.8, 4) is 0 Å². The monoisotopic (exact) mass is 191 g/mol. The fourth-order valence-electron chi connectivity index (χ4n) is 0. The fourth-order valence-corrected chi connectivity index (χ4v) is 0. The molecule has 0 fully saturated rings. The Morgan fingerprint density at radius 3 is 0.833 bits per heavy atom. The first-order chi connectivity index (χ1) is 1.41. The first kappa shape index (κ1) is 27.7. The topological polar surface area (TPSA) is 34.1 Å². The van der Waals surface area contributed by atoms with Crippen molar-refractivity contribution < 1.29 is 23.5 Å². The molecule has 0 aliphatic heterocycles. The molecule has 0 aliphatic carbocycles. The number of rotatable bonds is 0. The Labute approximate surface area is 60.8 Å². The van der Waals surface area contributed by atoms with Crippen LogP contribution >= 0.6 is 37.2 Å². The fraction of sp³-hybridized carbons (Fsp3) is 0. The molecule has 0 aromatic rings. The predicted molar refractivity (Wildman–Crippen MR) is 23.1 cm³/mol. The summed E-state index contributed by atoms with van der Waals surface area (Å²) >= 11 is -1.81. The molecule has 0 amide bonds. The molecule has 0 aromatic heterocycles. The third kappa shape index (κ3) is 74.7. The average molecular weight is 192 g/mol. The summed E-state index contributed by atoms with van der Waals surface area (Å²) in [7, 11) is 0. The Kier molecular flexibility index (Phi) is 169. The molecule has 0 aromatic carbocycles. The zero-order chi connectivity index (χ0) is 2.71. The van der Waals surface area contributed by atoms with Crippen LogP contribution in [-0.4, -0.2) is 0 Å². The van der Waals surface area contributed by atoms with Gasteiger partial charge in [0, 0.05) is 0 Å². The van der Waals surface area contributed by atoms with Crippen LogP contribution in [0.4, 0.5) is 0 Å². The van der Waals surface area contributed by atoms with Gasteiger partial charge in [0.1, 0.15) is 0 Å². The van der Waals surface area contributed by atoms with E-state index in [1.54, 1.807) is 0 Å². The van der Waals surface area contributed by atoms with Crippen molar-refractivity contribution >= 4 is 37.2 Å². The van der Waals surface area contributed by atoms with Crippen molar-refractivity contribution in [3.63, 3.8) is 0 Å². The molecule has 6 heteroatoms. The summed E-state index contributed by atoms with van der Waals surface area (Å²) < 4.78 is 16.9. The molecule has 0 N–H and O–H groups in total. The maximum atomic E-state index is 8.47. The van der Waals surface area contributed by atoms with E-state index in [4.69, 9.17) is 7.35 Å². The van der Waals surface area contributed by atoms with Gasteiger partial charge in [0.2, 0.25) is 0 Å². The van der Waals surface area contributed by atoms with Crippen LogP contribution in [0.25, 0.3) is 0 Å². The Balaban J connectivity index is -0.00000000667. The van der Waals surface area contributed by atoms with Crippen LogP contribution in [0.2, 0.25) is 0 Å². The minimum atomic E-state index is -1.81. The molecule has 0 aliphatic rings. The van der Waals surface area contributed by atoms with Crippen LogP contribution in [-0.2, 0) is 23.5 Å². The van der Waals surface area contributed by atoms with E-state index in [0.29, 0.717) is 0 Å². The van der Waals surface area contributed by atoms with Crippen LogP contribution in [0.5, 0.6) is 0 Å². The van der Waals surface area contributed by atoms with Gasteiger partial charge in [-0.25, -0.2) is 0 Å².